The molecule has 0 spiro atoms. The molecule has 3 amide bonds. The Morgan fingerprint density at radius 2 is 1.89 bits per heavy atom. The molecule has 140 valence electrons. The molecule has 27 heavy (non-hydrogen) atoms. The van der Waals surface area contributed by atoms with E-state index in [0.29, 0.717) is 5.82 Å². The minimum absolute atomic E-state index is 0.179. The molecule has 0 bridgehead atoms. The van der Waals surface area contributed by atoms with Crippen molar-refractivity contribution in [3.8, 4) is 5.69 Å². The van der Waals surface area contributed by atoms with Gasteiger partial charge in [0.15, 0.2) is 0 Å². The predicted octanol–water partition coefficient (Wildman–Crippen LogP) is 2.32. The van der Waals surface area contributed by atoms with Gasteiger partial charge < -0.3 is 5.32 Å². The summed E-state index contributed by atoms with van der Waals surface area (Å²) in [5.41, 5.74) is 5.17. The summed E-state index contributed by atoms with van der Waals surface area (Å²) in [7, 11) is 0. The van der Waals surface area contributed by atoms with E-state index in [9.17, 15) is 14.4 Å². The fourth-order valence-corrected chi connectivity index (χ4v) is 4.33. The van der Waals surface area contributed by atoms with Crippen molar-refractivity contribution >= 4 is 35.3 Å². The summed E-state index contributed by atoms with van der Waals surface area (Å²) in [5.74, 6) is 1.24. The number of imide groups is 1. The SMILES string of the molecule is Cc1ccc(-n2nc3c(c2NC(=O)CN2C(=O)CCC2=O)CSC3)cc1C. The Bertz CT molecular complexity index is 950. The molecule has 4 rings (SSSR count). The van der Waals surface area contributed by atoms with Gasteiger partial charge >= 0.3 is 0 Å². The number of rotatable bonds is 4. The van der Waals surface area contributed by atoms with Crippen LogP contribution in [0, 0.1) is 13.8 Å². The molecular formula is C19H20N4O3S. The Morgan fingerprint density at radius 1 is 1.15 bits per heavy atom. The molecule has 1 N–H and O–H groups in total. The first kappa shape index (κ1) is 17.8. The van der Waals surface area contributed by atoms with Crippen molar-refractivity contribution < 1.29 is 14.4 Å². The third-order valence-corrected chi connectivity index (χ3v) is 5.97. The van der Waals surface area contributed by atoms with Crippen LogP contribution in [0.25, 0.3) is 5.69 Å². The maximum atomic E-state index is 12.6. The molecule has 8 heteroatoms. The number of likely N-dealkylation sites (tertiary alicyclic amines) is 1. The standard InChI is InChI=1S/C19H20N4O3S/c1-11-3-4-13(7-12(11)2)23-19(14-9-27-10-15(14)21-23)20-16(24)8-22-17(25)5-6-18(22)26/h3-4,7H,5-6,8-10H2,1-2H3,(H,20,24). The Morgan fingerprint density at radius 3 is 2.59 bits per heavy atom. The van der Waals surface area contributed by atoms with E-state index in [-0.39, 0.29) is 37.1 Å². The van der Waals surface area contributed by atoms with Crippen LogP contribution in [0.1, 0.15) is 35.2 Å². The van der Waals surface area contributed by atoms with Gasteiger partial charge in [0.2, 0.25) is 17.7 Å². The Kier molecular flexibility index (Phi) is 4.51. The Labute approximate surface area is 161 Å². The summed E-state index contributed by atoms with van der Waals surface area (Å²) in [4.78, 5) is 37.1. The molecule has 1 aromatic carbocycles. The summed E-state index contributed by atoms with van der Waals surface area (Å²) >= 11 is 1.75. The Balaban J connectivity index is 1.63. The van der Waals surface area contributed by atoms with Crippen LogP contribution < -0.4 is 5.32 Å². The monoisotopic (exact) mass is 384 g/mol. The summed E-state index contributed by atoms with van der Waals surface area (Å²) in [6.07, 6.45) is 0.359. The molecule has 0 radical (unpaired) electrons. The number of nitrogens with one attached hydrogen (secondary N) is 1. The summed E-state index contributed by atoms with van der Waals surface area (Å²) in [6.45, 7) is 3.83. The fraction of sp³-hybridized carbons (Fsp3) is 0.368. The van der Waals surface area contributed by atoms with Crippen LogP contribution in [0.4, 0.5) is 5.82 Å². The first-order valence-corrected chi connectivity index (χ1v) is 9.98. The van der Waals surface area contributed by atoms with Crippen molar-refractivity contribution in [3.05, 3.63) is 40.6 Å². The highest BCUT2D eigenvalue weighted by Crippen LogP contribution is 2.36. The number of hydrogen-bond donors (Lipinski definition) is 1. The average Bonchev–Trinajstić information content (AvgIpc) is 3.30. The minimum atomic E-state index is -0.386. The van der Waals surface area contributed by atoms with Crippen LogP contribution in [-0.4, -0.2) is 38.9 Å². The van der Waals surface area contributed by atoms with Gasteiger partial charge in [-0.2, -0.15) is 16.9 Å². The number of thioether (sulfide) groups is 1. The second kappa shape index (κ2) is 6.84. The zero-order valence-electron chi connectivity index (χ0n) is 15.2. The second-order valence-corrected chi connectivity index (χ2v) is 7.85. The molecule has 1 aromatic heterocycles. The van der Waals surface area contributed by atoms with E-state index in [1.165, 1.54) is 5.56 Å². The van der Waals surface area contributed by atoms with Crippen LogP contribution in [0.3, 0.4) is 0 Å². The van der Waals surface area contributed by atoms with E-state index in [0.717, 1.165) is 38.9 Å². The number of aryl methyl sites for hydroxylation is 2. The average molecular weight is 384 g/mol. The number of nitrogens with zero attached hydrogens (tertiary/aromatic N) is 3. The normalized spacial score (nSPS) is 16.1. The van der Waals surface area contributed by atoms with Gasteiger partial charge in [-0.1, -0.05) is 6.07 Å². The van der Waals surface area contributed by atoms with Crippen LogP contribution >= 0.6 is 11.8 Å². The quantitative estimate of drug-likeness (QED) is 0.818. The smallest absolute Gasteiger partial charge is 0.245 e. The van der Waals surface area contributed by atoms with Gasteiger partial charge in [-0.05, 0) is 37.1 Å². The predicted molar refractivity (Wildman–Crippen MR) is 103 cm³/mol. The molecule has 0 unspecified atom stereocenters. The molecule has 0 saturated carbocycles. The van der Waals surface area contributed by atoms with Gasteiger partial charge in [-0.15, -0.1) is 0 Å². The molecule has 3 heterocycles. The van der Waals surface area contributed by atoms with Crippen molar-refractivity contribution in [2.75, 3.05) is 11.9 Å². The van der Waals surface area contributed by atoms with Gasteiger partial charge in [0.1, 0.15) is 12.4 Å². The van der Waals surface area contributed by atoms with E-state index in [1.807, 2.05) is 32.0 Å². The van der Waals surface area contributed by atoms with Crippen molar-refractivity contribution in [2.24, 2.45) is 0 Å². The minimum Gasteiger partial charge on any atom is -0.309 e. The molecular weight excluding hydrogens is 364 g/mol. The van der Waals surface area contributed by atoms with Crippen molar-refractivity contribution in [2.45, 2.75) is 38.2 Å². The number of anilines is 1. The molecule has 2 aliphatic heterocycles. The second-order valence-electron chi connectivity index (χ2n) is 6.87. The van der Waals surface area contributed by atoms with Crippen LogP contribution in [0.2, 0.25) is 0 Å². The van der Waals surface area contributed by atoms with Crippen molar-refractivity contribution in [1.82, 2.24) is 14.7 Å². The van der Waals surface area contributed by atoms with Gasteiger partial charge in [0.25, 0.3) is 0 Å². The molecule has 2 aromatic rings. The first-order valence-electron chi connectivity index (χ1n) is 8.83. The highest BCUT2D eigenvalue weighted by Gasteiger charge is 2.31. The van der Waals surface area contributed by atoms with E-state index in [1.54, 1.807) is 16.4 Å². The molecule has 0 atom stereocenters. The fourth-order valence-electron chi connectivity index (χ4n) is 3.30. The number of fused-ring (bicyclic) bond motifs is 1. The van der Waals surface area contributed by atoms with E-state index < -0.39 is 0 Å². The van der Waals surface area contributed by atoms with E-state index in [4.69, 9.17) is 0 Å². The van der Waals surface area contributed by atoms with Gasteiger partial charge in [-0.25, -0.2) is 4.68 Å². The van der Waals surface area contributed by atoms with Crippen LogP contribution in [0.5, 0.6) is 0 Å². The maximum Gasteiger partial charge on any atom is 0.245 e. The van der Waals surface area contributed by atoms with Gasteiger partial charge in [0.05, 0.1) is 11.4 Å². The number of carbonyl (C=O) groups excluding carboxylic acids is 3. The molecule has 1 saturated heterocycles. The maximum absolute atomic E-state index is 12.6. The number of hydrogen-bond acceptors (Lipinski definition) is 5. The molecule has 7 nitrogen and oxygen atoms in total. The van der Waals surface area contributed by atoms with E-state index in [2.05, 4.69) is 10.4 Å². The molecule has 2 aliphatic rings. The van der Waals surface area contributed by atoms with Crippen molar-refractivity contribution in [1.29, 1.82) is 0 Å². The summed E-state index contributed by atoms with van der Waals surface area (Å²) < 4.78 is 1.75. The number of amides is 3. The number of carbonyl (C=O) groups is 3. The van der Waals surface area contributed by atoms with Gasteiger partial charge in [0, 0.05) is 29.9 Å². The van der Waals surface area contributed by atoms with Crippen LogP contribution in [-0.2, 0) is 25.9 Å². The lowest BCUT2D eigenvalue weighted by Gasteiger charge is -2.15. The molecule has 1 fully saturated rings. The highest BCUT2D eigenvalue weighted by atomic mass is 32.2. The van der Waals surface area contributed by atoms with Crippen molar-refractivity contribution in [3.63, 3.8) is 0 Å². The lowest BCUT2D eigenvalue weighted by Crippen LogP contribution is -2.37. The van der Waals surface area contributed by atoms with Gasteiger partial charge in [-0.3, -0.25) is 19.3 Å². The third-order valence-electron chi connectivity index (χ3n) is 5.00. The highest BCUT2D eigenvalue weighted by molar-refractivity contribution is 7.98. The largest absolute Gasteiger partial charge is 0.309 e. The first-order chi connectivity index (χ1) is 12.9. The Hall–Kier alpha value is -2.61. The zero-order valence-corrected chi connectivity index (χ0v) is 16.1. The van der Waals surface area contributed by atoms with Crippen LogP contribution in [0.15, 0.2) is 18.2 Å². The lowest BCUT2D eigenvalue weighted by molar-refractivity contribution is -0.141. The zero-order chi connectivity index (χ0) is 19.1. The summed E-state index contributed by atoms with van der Waals surface area (Å²) in [6, 6.07) is 6.04. The lowest BCUT2D eigenvalue weighted by atomic mass is 10.1. The number of aromatic nitrogens is 2. The number of benzene rings is 1. The third kappa shape index (κ3) is 3.25. The molecule has 0 aliphatic carbocycles. The van der Waals surface area contributed by atoms with E-state index >= 15 is 0 Å². The topological polar surface area (TPSA) is 84.3 Å². The summed E-state index contributed by atoms with van der Waals surface area (Å²) in [5, 5.41) is 7.57.